The van der Waals surface area contributed by atoms with Crippen LogP contribution in [0.4, 0.5) is 0 Å². The number of aliphatic hydroxyl groups excluding tert-OH is 1. The van der Waals surface area contributed by atoms with Gasteiger partial charge in [-0.3, -0.25) is 9.59 Å². The molecule has 6 heteroatoms. The smallest absolute Gasteiger partial charge is 0.207 e. The molecule has 3 aliphatic rings. The van der Waals surface area contributed by atoms with Crippen LogP contribution in [-0.4, -0.2) is 59.4 Å². The van der Waals surface area contributed by atoms with Crippen molar-refractivity contribution in [3.63, 3.8) is 0 Å². The van der Waals surface area contributed by atoms with Crippen LogP contribution >= 0.6 is 0 Å². The molecular weight excluding hydrogens is 348 g/mol. The molecule has 8 unspecified atom stereocenters. The van der Waals surface area contributed by atoms with Gasteiger partial charge < -0.3 is 19.7 Å². The van der Waals surface area contributed by atoms with Crippen molar-refractivity contribution in [2.75, 3.05) is 13.7 Å². The van der Waals surface area contributed by atoms with Crippen LogP contribution in [0.5, 0.6) is 0 Å². The largest absolute Gasteiger partial charge is 0.392 e. The quantitative estimate of drug-likeness (QED) is 0.671. The van der Waals surface area contributed by atoms with Gasteiger partial charge in [-0.2, -0.15) is 0 Å². The second kappa shape index (κ2) is 6.61. The summed E-state index contributed by atoms with van der Waals surface area (Å²) in [4.78, 5) is 26.9. The molecule has 6 nitrogen and oxygen atoms in total. The molecular formula is C21H34O6. The number of aliphatic hydroxyl groups is 2. The van der Waals surface area contributed by atoms with E-state index in [-0.39, 0.29) is 25.0 Å². The van der Waals surface area contributed by atoms with E-state index in [1.807, 2.05) is 27.7 Å². The van der Waals surface area contributed by atoms with E-state index in [1.165, 1.54) is 7.11 Å². The first-order valence-electron chi connectivity index (χ1n) is 10.1. The summed E-state index contributed by atoms with van der Waals surface area (Å²) in [6, 6.07) is 0. The van der Waals surface area contributed by atoms with Crippen molar-refractivity contribution >= 4 is 11.6 Å². The summed E-state index contributed by atoms with van der Waals surface area (Å²) in [5.74, 6) is -2.26. The van der Waals surface area contributed by atoms with E-state index in [9.17, 15) is 19.8 Å². The van der Waals surface area contributed by atoms with Gasteiger partial charge in [0.2, 0.25) is 11.6 Å². The fourth-order valence-corrected chi connectivity index (χ4v) is 6.15. The maximum absolute atomic E-state index is 13.5. The predicted octanol–water partition coefficient (Wildman–Crippen LogP) is 1.75. The average molecular weight is 382 g/mol. The van der Waals surface area contributed by atoms with Crippen molar-refractivity contribution in [3.05, 3.63) is 0 Å². The maximum atomic E-state index is 13.5. The van der Waals surface area contributed by atoms with Gasteiger partial charge >= 0.3 is 0 Å². The first kappa shape index (κ1) is 20.9. The van der Waals surface area contributed by atoms with Gasteiger partial charge in [-0.05, 0) is 32.6 Å². The summed E-state index contributed by atoms with van der Waals surface area (Å²) in [5, 5.41) is 22.9. The standard InChI is InChI=1S/C21H34O6/c1-11-7-8-21(25)18(26-6)13-10-27-12(2)9-14(22)20(13,5)17(24)16(23)15(11)19(21,3)4/h11-15,18,22,25H,7-10H2,1-6H3. The zero-order valence-electron chi connectivity index (χ0n) is 17.3. The van der Waals surface area contributed by atoms with Crippen LogP contribution in [0, 0.1) is 28.6 Å². The number of carbonyl (C=O) groups excluding carboxylic acids is 2. The fraction of sp³-hybridized carbons (Fsp3) is 0.905. The number of methoxy groups -OCH3 is 1. The molecule has 2 aliphatic carbocycles. The maximum Gasteiger partial charge on any atom is 0.207 e. The molecule has 1 heterocycles. The molecule has 0 radical (unpaired) electrons. The number of ketones is 2. The Morgan fingerprint density at radius 1 is 1.19 bits per heavy atom. The Kier molecular flexibility index (Phi) is 5.12. The zero-order valence-corrected chi connectivity index (χ0v) is 17.3. The summed E-state index contributed by atoms with van der Waals surface area (Å²) in [6.07, 6.45) is -0.599. The Morgan fingerprint density at radius 2 is 1.81 bits per heavy atom. The second-order valence-electron chi connectivity index (χ2n) is 9.77. The van der Waals surface area contributed by atoms with E-state index in [0.717, 1.165) is 0 Å². The molecule has 1 saturated heterocycles. The van der Waals surface area contributed by atoms with Crippen LogP contribution < -0.4 is 0 Å². The predicted molar refractivity (Wildman–Crippen MR) is 99.1 cm³/mol. The van der Waals surface area contributed by atoms with Gasteiger partial charge in [0.05, 0.1) is 35.9 Å². The molecule has 27 heavy (non-hydrogen) atoms. The van der Waals surface area contributed by atoms with Crippen LogP contribution in [0.2, 0.25) is 0 Å². The number of hydrogen-bond acceptors (Lipinski definition) is 6. The van der Waals surface area contributed by atoms with Gasteiger partial charge in [-0.1, -0.05) is 20.8 Å². The van der Waals surface area contributed by atoms with Crippen LogP contribution in [0.25, 0.3) is 0 Å². The van der Waals surface area contributed by atoms with Gasteiger partial charge in [-0.15, -0.1) is 0 Å². The molecule has 3 fully saturated rings. The number of ether oxygens (including phenoxy) is 2. The zero-order chi connectivity index (χ0) is 20.4. The lowest BCUT2D eigenvalue weighted by atomic mass is 9.47. The Morgan fingerprint density at radius 3 is 2.41 bits per heavy atom. The number of hydrogen-bond donors (Lipinski definition) is 2. The molecule has 0 aromatic heterocycles. The van der Waals surface area contributed by atoms with Crippen LogP contribution in [0.15, 0.2) is 0 Å². The molecule has 0 aromatic rings. The molecule has 2 bridgehead atoms. The van der Waals surface area contributed by atoms with Crippen LogP contribution in [0.3, 0.4) is 0 Å². The second-order valence-corrected chi connectivity index (χ2v) is 9.77. The highest BCUT2D eigenvalue weighted by atomic mass is 16.5. The molecule has 154 valence electrons. The average Bonchev–Trinajstić information content (AvgIpc) is 2.69. The monoisotopic (exact) mass is 382 g/mol. The molecule has 1 aliphatic heterocycles. The highest BCUT2D eigenvalue weighted by molar-refractivity contribution is 6.40. The first-order valence-corrected chi connectivity index (χ1v) is 10.1. The molecule has 2 saturated carbocycles. The van der Waals surface area contributed by atoms with Crippen LogP contribution in [-0.2, 0) is 19.1 Å². The lowest BCUT2D eigenvalue weighted by Crippen LogP contribution is -2.71. The summed E-state index contributed by atoms with van der Waals surface area (Å²) in [7, 11) is 1.53. The van der Waals surface area contributed by atoms with Crippen molar-refractivity contribution in [3.8, 4) is 0 Å². The molecule has 2 N–H and O–H groups in total. The van der Waals surface area contributed by atoms with E-state index in [4.69, 9.17) is 9.47 Å². The van der Waals surface area contributed by atoms with Crippen molar-refractivity contribution in [2.24, 2.45) is 28.6 Å². The Balaban J connectivity index is 2.25. The third kappa shape index (κ3) is 2.67. The SMILES string of the molecule is COC1C2COC(C)CC(O)C2(C)C(=O)C(=O)C2C(C)CCC1(O)C2(C)C. The van der Waals surface area contributed by atoms with Crippen molar-refractivity contribution in [2.45, 2.75) is 77.8 Å². The minimum Gasteiger partial charge on any atom is -0.392 e. The molecule has 0 amide bonds. The number of carbonyl (C=O) groups is 2. The number of Topliss-reactive ketones (excluding diaryl/α,β-unsaturated/α-hetero) is 2. The van der Waals surface area contributed by atoms with Crippen LogP contribution in [0.1, 0.15) is 53.9 Å². The molecule has 8 atom stereocenters. The number of fused-ring (bicyclic) bond motifs is 3. The first-order chi connectivity index (χ1) is 12.4. The minimum atomic E-state index is -1.34. The lowest BCUT2D eigenvalue weighted by molar-refractivity contribution is -0.242. The van der Waals surface area contributed by atoms with Gasteiger partial charge in [0.1, 0.15) is 0 Å². The van der Waals surface area contributed by atoms with E-state index in [2.05, 4.69) is 0 Å². The van der Waals surface area contributed by atoms with Crippen molar-refractivity contribution in [1.82, 2.24) is 0 Å². The third-order valence-corrected chi connectivity index (χ3v) is 8.11. The summed E-state index contributed by atoms with van der Waals surface area (Å²) < 4.78 is 11.7. The van der Waals surface area contributed by atoms with Gasteiger partial charge in [-0.25, -0.2) is 0 Å². The summed E-state index contributed by atoms with van der Waals surface area (Å²) in [5.41, 5.74) is -3.47. The Labute approximate surface area is 161 Å². The molecule has 0 spiro atoms. The normalized spacial score (nSPS) is 50.4. The van der Waals surface area contributed by atoms with Gasteiger partial charge in [0, 0.05) is 30.8 Å². The summed E-state index contributed by atoms with van der Waals surface area (Å²) >= 11 is 0. The highest BCUT2D eigenvalue weighted by Crippen LogP contribution is 2.58. The third-order valence-electron chi connectivity index (χ3n) is 8.11. The van der Waals surface area contributed by atoms with Crippen molar-refractivity contribution in [1.29, 1.82) is 0 Å². The Bertz CT molecular complexity index is 630. The van der Waals surface area contributed by atoms with E-state index in [0.29, 0.717) is 12.8 Å². The molecule has 0 aromatic carbocycles. The molecule has 3 rings (SSSR count). The van der Waals surface area contributed by atoms with E-state index < -0.39 is 52.0 Å². The van der Waals surface area contributed by atoms with Gasteiger partial charge in [0.25, 0.3) is 0 Å². The number of rotatable bonds is 1. The van der Waals surface area contributed by atoms with Crippen molar-refractivity contribution < 1.29 is 29.3 Å². The minimum absolute atomic E-state index is 0.0209. The highest BCUT2D eigenvalue weighted by Gasteiger charge is 2.68. The van der Waals surface area contributed by atoms with E-state index >= 15 is 0 Å². The summed E-state index contributed by atoms with van der Waals surface area (Å²) in [6.45, 7) is 9.35. The lowest BCUT2D eigenvalue weighted by Gasteiger charge is -2.60. The topological polar surface area (TPSA) is 93.1 Å². The van der Waals surface area contributed by atoms with E-state index in [1.54, 1.807) is 6.92 Å². The Hall–Kier alpha value is -0.820. The fourth-order valence-electron chi connectivity index (χ4n) is 6.15. The van der Waals surface area contributed by atoms with Gasteiger partial charge in [0.15, 0.2) is 0 Å².